The highest BCUT2D eigenvalue weighted by Crippen LogP contribution is 2.32. The molecule has 0 bridgehead atoms. The molecule has 28 heavy (non-hydrogen) atoms. The number of halogens is 4. The summed E-state index contributed by atoms with van der Waals surface area (Å²) in [6.45, 7) is 1.51. The summed E-state index contributed by atoms with van der Waals surface area (Å²) in [7, 11) is -6.00. The smallest absolute Gasteiger partial charge is 0.418 e. The summed E-state index contributed by atoms with van der Waals surface area (Å²) in [6, 6.07) is 26.6. The first-order valence-electron chi connectivity index (χ1n) is 8.14. The molecule has 0 saturated carbocycles. The first-order chi connectivity index (χ1) is 12.7. The van der Waals surface area contributed by atoms with E-state index in [1.165, 1.54) is 23.6 Å². The molecule has 0 aliphatic rings. The van der Waals surface area contributed by atoms with E-state index in [0.717, 1.165) is 11.3 Å². The van der Waals surface area contributed by atoms with Crippen molar-refractivity contribution >= 4 is 32.3 Å². The molecule has 2 nitrogen and oxygen atoms in total. The van der Waals surface area contributed by atoms with Crippen LogP contribution in [0.15, 0.2) is 78.9 Å². The van der Waals surface area contributed by atoms with Crippen LogP contribution in [0.2, 0.25) is 0 Å². The minimum atomic E-state index is -6.00. The van der Waals surface area contributed by atoms with Gasteiger partial charge in [-0.25, -0.2) is 0 Å². The maximum atomic E-state index is 11.1. The van der Waals surface area contributed by atoms with Crippen molar-refractivity contribution in [3.05, 3.63) is 78.9 Å². The highest BCUT2D eigenvalue weighted by Gasteiger charge is 2.20. The van der Waals surface area contributed by atoms with Gasteiger partial charge in [-0.2, -0.15) is 13.5 Å². The average Bonchev–Trinajstić information content (AvgIpc) is 2.61. The molecule has 3 aromatic rings. The summed E-state index contributed by atoms with van der Waals surface area (Å²) in [6.07, 6.45) is 0. The Morgan fingerprint density at radius 1 is 0.750 bits per heavy atom. The number of hydrogen-bond acceptors (Lipinski definition) is 1. The van der Waals surface area contributed by atoms with Gasteiger partial charge >= 0.3 is 8.68 Å². The van der Waals surface area contributed by atoms with Gasteiger partial charge in [0, 0.05) is 12.6 Å². The van der Waals surface area contributed by atoms with Crippen LogP contribution in [-0.4, -0.2) is 13.2 Å². The Kier molecular flexibility index (Phi) is 8.79. The molecular formula is C20H20BF4NOS. The Balaban J connectivity index is 0.00000101. The van der Waals surface area contributed by atoms with Gasteiger partial charge in [0.15, 0.2) is 0 Å². The highest BCUT2D eigenvalue weighted by atomic mass is 32.1. The summed E-state index contributed by atoms with van der Waals surface area (Å²) in [5.74, 6) is -0.0579. The molecule has 3 rings (SSSR count). The topological polar surface area (TPSA) is 29.1 Å². The largest absolute Gasteiger partial charge is 1.00 e. The molecule has 0 spiro atoms. The Morgan fingerprint density at radius 2 is 1.14 bits per heavy atom. The number of hydrogen-bond donors (Lipinski definition) is 1. The van der Waals surface area contributed by atoms with Crippen LogP contribution >= 0.6 is 13.5 Å². The van der Waals surface area contributed by atoms with E-state index in [-0.39, 0.29) is 20.8 Å². The van der Waals surface area contributed by atoms with Crippen LogP contribution in [0.25, 0.3) is 22.3 Å². The van der Waals surface area contributed by atoms with Gasteiger partial charge in [-0.05, 0) is 34.4 Å². The van der Waals surface area contributed by atoms with Crippen molar-refractivity contribution in [3.8, 4) is 22.3 Å². The molecule has 0 heterocycles. The number of anilines is 1. The molecular weight excluding hydrogens is 389 g/mol. The first kappa shape index (κ1) is 23.3. The zero-order valence-electron chi connectivity index (χ0n) is 16.0. The fraction of sp³-hybridized carbons (Fsp3) is 0.0500. The van der Waals surface area contributed by atoms with Crippen LogP contribution in [0.3, 0.4) is 0 Å². The summed E-state index contributed by atoms with van der Waals surface area (Å²) >= 11 is 0. The van der Waals surface area contributed by atoms with Gasteiger partial charge in [0.1, 0.15) is 0 Å². The zero-order chi connectivity index (χ0) is 19.9. The number of rotatable bonds is 3. The van der Waals surface area contributed by atoms with Gasteiger partial charge in [-0.1, -0.05) is 66.7 Å². The molecule has 0 aliphatic carbocycles. The summed E-state index contributed by atoms with van der Waals surface area (Å²) in [4.78, 5) is 11.1. The molecule has 0 aromatic heterocycles. The number of amides is 1. The van der Waals surface area contributed by atoms with Crippen LogP contribution in [-0.2, 0) is 4.79 Å². The molecule has 1 N–H and O–H groups in total. The van der Waals surface area contributed by atoms with Gasteiger partial charge in [0.25, 0.3) is 0 Å². The maximum Gasteiger partial charge on any atom is 1.00 e. The van der Waals surface area contributed by atoms with E-state index in [9.17, 15) is 22.1 Å². The standard InChI is InChI=1S/C20H17NO.BF4.H2S/c1-15(22)21-18-13-11-17(12-14-18)20-10-6-5-9-19(20)16-7-3-2-4-8-16;2-1(3,4)5;/h2-14H,1H3,(H,21,22);;1H2/q;-1;/p+1. The molecule has 3 aromatic carbocycles. The van der Waals surface area contributed by atoms with Crippen LogP contribution in [0, 0.1) is 0 Å². The molecule has 0 aliphatic heterocycles. The van der Waals surface area contributed by atoms with Crippen molar-refractivity contribution in [3.63, 3.8) is 0 Å². The minimum absolute atomic E-state index is 0. The van der Waals surface area contributed by atoms with Crippen molar-refractivity contribution < 1.29 is 23.5 Å². The van der Waals surface area contributed by atoms with E-state index in [4.69, 9.17) is 0 Å². The van der Waals surface area contributed by atoms with E-state index in [1.54, 1.807) is 0 Å². The fourth-order valence-electron chi connectivity index (χ4n) is 2.54. The second kappa shape index (κ2) is 10.6. The van der Waals surface area contributed by atoms with E-state index in [1.807, 2.05) is 48.5 Å². The third-order valence-electron chi connectivity index (χ3n) is 3.53. The molecule has 148 valence electrons. The Morgan fingerprint density at radius 3 is 1.57 bits per heavy atom. The number of nitrogens with one attached hydrogen (secondary N) is 1. The van der Waals surface area contributed by atoms with Crippen LogP contribution < -0.4 is 5.32 Å². The Bertz CT molecular complexity index is 887. The summed E-state index contributed by atoms with van der Waals surface area (Å²) in [5, 5.41) is 2.79. The molecule has 0 saturated heterocycles. The average molecular weight is 409 g/mol. The lowest BCUT2D eigenvalue weighted by Crippen LogP contribution is -2.05. The van der Waals surface area contributed by atoms with Crippen LogP contribution in [0.4, 0.5) is 23.0 Å². The predicted octanol–water partition coefficient (Wildman–Crippen LogP) is 6.50. The Labute approximate surface area is 169 Å². The number of carbonyl (C=O) groups excluding carboxylic acids is 1. The molecule has 0 atom stereocenters. The van der Waals surface area contributed by atoms with E-state index in [0.29, 0.717) is 0 Å². The van der Waals surface area contributed by atoms with Gasteiger partial charge in [-0.15, -0.1) is 0 Å². The fourth-order valence-corrected chi connectivity index (χ4v) is 2.54. The number of carbonyl (C=O) groups is 1. The lowest BCUT2D eigenvalue weighted by Gasteiger charge is -2.11. The molecule has 1 amide bonds. The molecule has 0 fully saturated rings. The second-order valence-electron chi connectivity index (χ2n) is 5.67. The van der Waals surface area contributed by atoms with Crippen molar-refractivity contribution in [1.82, 2.24) is 0 Å². The van der Waals surface area contributed by atoms with Crippen LogP contribution in [0.5, 0.6) is 0 Å². The normalized spacial score (nSPS) is 10.2. The SMILES string of the molecule is CC(=O)Nc1ccc(-c2ccccc2-c2ccccc2)cc1.F[B-](F)(F)F.S.[H+]. The minimum Gasteiger partial charge on any atom is -0.418 e. The molecule has 0 radical (unpaired) electrons. The Hall–Kier alpha value is -2.74. The van der Waals surface area contributed by atoms with Crippen molar-refractivity contribution in [2.45, 2.75) is 6.92 Å². The second-order valence-corrected chi connectivity index (χ2v) is 5.67. The lowest BCUT2D eigenvalue weighted by molar-refractivity contribution is -0.114. The van der Waals surface area contributed by atoms with Crippen molar-refractivity contribution in [2.75, 3.05) is 5.32 Å². The van der Waals surface area contributed by atoms with Gasteiger partial charge in [0.05, 0.1) is 0 Å². The van der Waals surface area contributed by atoms with Gasteiger partial charge in [0.2, 0.25) is 5.91 Å². The molecule has 0 unspecified atom stereocenters. The van der Waals surface area contributed by atoms with E-state index >= 15 is 0 Å². The number of benzene rings is 3. The van der Waals surface area contributed by atoms with Gasteiger partial charge in [-0.3, -0.25) is 4.79 Å². The quantitative estimate of drug-likeness (QED) is 0.388. The van der Waals surface area contributed by atoms with Crippen molar-refractivity contribution in [2.24, 2.45) is 0 Å². The van der Waals surface area contributed by atoms with Crippen LogP contribution in [0.1, 0.15) is 8.35 Å². The summed E-state index contributed by atoms with van der Waals surface area (Å²) < 4.78 is 39.0. The van der Waals surface area contributed by atoms with Crippen molar-refractivity contribution in [1.29, 1.82) is 0 Å². The monoisotopic (exact) mass is 409 g/mol. The third-order valence-corrected chi connectivity index (χ3v) is 3.53. The van der Waals surface area contributed by atoms with E-state index in [2.05, 4.69) is 35.6 Å². The predicted molar refractivity (Wildman–Crippen MR) is 113 cm³/mol. The molecule has 8 heteroatoms. The zero-order valence-corrected chi connectivity index (χ0v) is 16.0. The highest BCUT2D eigenvalue weighted by molar-refractivity contribution is 7.59. The maximum absolute atomic E-state index is 11.1. The lowest BCUT2D eigenvalue weighted by atomic mass is 9.94. The summed E-state index contributed by atoms with van der Waals surface area (Å²) in [5.41, 5.74) is 5.53. The first-order valence-corrected chi connectivity index (χ1v) is 8.14. The van der Waals surface area contributed by atoms with E-state index < -0.39 is 7.25 Å². The third kappa shape index (κ3) is 7.88. The van der Waals surface area contributed by atoms with Gasteiger partial charge < -0.3 is 22.6 Å².